The Balaban J connectivity index is 1.77. The lowest BCUT2D eigenvalue weighted by Gasteiger charge is -2.39. The smallest absolute Gasteiger partial charge is 0.269 e. The highest BCUT2D eigenvalue weighted by Crippen LogP contribution is 2.37. The molecule has 0 aromatic heterocycles. The number of nitrogens with zero attached hydrogens (tertiary/aromatic N) is 2. The fourth-order valence-electron chi connectivity index (χ4n) is 3.59. The van der Waals surface area contributed by atoms with Gasteiger partial charge in [-0.25, -0.2) is 0 Å². The van der Waals surface area contributed by atoms with Gasteiger partial charge in [-0.1, -0.05) is 23.7 Å². The van der Waals surface area contributed by atoms with E-state index in [4.69, 9.17) is 16.3 Å². The van der Waals surface area contributed by atoms with Crippen molar-refractivity contribution in [2.75, 3.05) is 18.5 Å². The van der Waals surface area contributed by atoms with Gasteiger partial charge in [0.25, 0.3) is 11.6 Å². The van der Waals surface area contributed by atoms with E-state index in [1.165, 1.54) is 18.2 Å². The largest absolute Gasteiger partial charge is 0.376 e. The number of halogens is 1. The molecule has 1 N–H and O–H groups in total. The number of nitro benzene ring substituents is 1. The second-order valence-electron chi connectivity index (χ2n) is 6.65. The van der Waals surface area contributed by atoms with Gasteiger partial charge in [0, 0.05) is 41.6 Å². The highest BCUT2D eigenvalue weighted by molar-refractivity contribution is 6.31. The average molecular weight is 388 g/mol. The third-order valence-corrected chi connectivity index (χ3v) is 5.28. The van der Waals surface area contributed by atoms with E-state index >= 15 is 0 Å². The van der Waals surface area contributed by atoms with E-state index in [0.717, 1.165) is 12.8 Å². The summed E-state index contributed by atoms with van der Waals surface area (Å²) in [4.78, 5) is 25.6. The number of nitrogens with one attached hydrogen (secondary N) is 1. The molecule has 2 aromatic rings. The maximum atomic E-state index is 13.2. The van der Waals surface area contributed by atoms with Crippen molar-refractivity contribution < 1.29 is 14.5 Å². The van der Waals surface area contributed by atoms with Crippen LogP contribution in [0.4, 0.5) is 11.4 Å². The fraction of sp³-hybridized carbons (Fsp3) is 0.316. The minimum Gasteiger partial charge on any atom is -0.376 e. The zero-order valence-corrected chi connectivity index (χ0v) is 15.2. The molecular formula is C19H18ClN3O4. The topological polar surface area (TPSA) is 84.7 Å². The summed E-state index contributed by atoms with van der Waals surface area (Å²) in [6.45, 7) is 1.07. The van der Waals surface area contributed by atoms with Crippen LogP contribution >= 0.6 is 11.6 Å². The van der Waals surface area contributed by atoms with Crippen LogP contribution in [0.3, 0.4) is 0 Å². The lowest BCUT2D eigenvalue weighted by atomic mass is 10.0. The summed E-state index contributed by atoms with van der Waals surface area (Å²) >= 11 is 6.36. The monoisotopic (exact) mass is 387 g/mol. The van der Waals surface area contributed by atoms with Crippen LogP contribution in [0.15, 0.2) is 42.5 Å². The number of rotatable bonds is 4. The molecule has 2 atom stereocenters. The Hall–Kier alpha value is -2.64. The Bertz CT molecular complexity index is 898. The number of carbonyl (C=O) groups is 1. The first kappa shape index (κ1) is 17.8. The zero-order valence-electron chi connectivity index (χ0n) is 14.4. The van der Waals surface area contributed by atoms with Crippen LogP contribution in [0.2, 0.25) is 5.02 Å². The van der Waals surface area contributed by atoms with Crippen LogP contribution in [0.25, 0.3) is 0 Å². The number of hydrogen-bond donors (Lipinski definition) is 1. The standard InChI is InChI=1S/C19H18ClN3O4/c20-16-8-7-12(23(25)26)10-15(16)18-21-17-6-2-1-5-14(17)19(24)22(18)11-13-4-3-9-27-13/h1-2,5-8,10,13,18,21H,3-4,9,11H2/t13-,18-/m1/s1. The summed E-state index contributed by atoms with van der Waals surface area (Å²) < 4.78 is 5.71. The number of benzene rings is 2. The van der Waals surface area contributed by atoms with Gasteiger partial charge < -0.3 is 15.0 Å². The number of carbonyl (C=O) groups excluding carboxylic acids is 1. The van der Waals surface area contributed by atoms with Crippen LogP contribution < -0.4 is 5.32 Å². The summed E-state index contributed by atoms with van der Waals surface area (Å²) in [5.74, 6) is -0.146. The Morgan fingerprint density at radius 3 is 2.85 bits per heavy atom. The highest BCUT2D eigenvalue weighted by atomic mass is 35.5. The van der Waals surface area contributed by atoms with E-state index in [1.54, 1.807) is 11.0 Å². The van der Waals surface area contributed by atoms with Gasteiger partial charge in [0.2, 0.25) is 0 Å². The molecule has 27 heavy (non-hydrogen) atoms. The molecule has 7 nitrogen and oxygen atoms in total. The maximum Gasteiger partial charge on any atom is 0.269 e. The maximum absolute atomic E-state index is 13.2. The second-order valence-corrected chi connectivity index (χ2v) is 7.06. The van der Waals surface area contributed by atoms with Gasteiger partial charge >= 0.3 is 0 Å². The molecule has 0 aliphatic carbocycles. The molecule has 8 heteroatoms. The number of hydrogen-bond acceptors (Lipinski definition) is 5. The van der Waals surface area contributed by atoms with Crippen molar-refractivity contribution in [3.63, 3.8) is 0 Å². The van der Waals surface area contributed by atoms with E-state index in [1.807, 2.05) is 18.2 Å². The van der Waals surface area contributed by atoms with Gasteiger partial charge in [0.15, 0.2) is 0 Å². The molecule has 0 bridgehead atoms. The number of fused-ring (bicyclic) bond motifs is 1. The molecule has 0 unspecified atom stereocenters. The predicted octanol–water partition coefficient (Wildman–Crippen LogP) is 3.99. The van der Waals surface area contributed by atoms with E-state index < -0.39 is 11.1 Å². The first-order chi connectivity index (χ1) is 13.0. The minimum absolute atomic E-state index is 0.0546. The third-order valence-electron chi connectivity index (χ3n) is 4.93. The summed E-state index contributed by atoms with van der Waals surface area (Å²) in [5, 5.41) is 14.9. The van der Waals surface area contributed by atoms with Crippen molar-refractivity contribution in [1.82, 2.24) is 4.90 Å². The molecule has 2 aromatic carbocycles. The molecule has 2 aliphatic rings. The Kier molecular flexibility index (Phi) is 4.72. The second kappa shape index (κ2) is 7.17. The van der Waals surface area contributed by atoms with Crippen molar-refractivity contribution in [2.24, 2.45) is 0 Å². The van der Waals surface area contributed by atoms with Gasteiger partial charge in [0.05, 0.1) is 16.6 Å². The van der Waals surface area contributed by atoms with Gasteiger partial charge in [-0.2, -0.15) is 0 Å². The van der Waals surface area contributed by atoms with Gasteiger partial charge in [-0.15, -0.1) is 0 Å². The van der Waals surface area contributed by atoms with Crippen molar-refractivity contribution in [3.05, 3.63) is 68.7 Å². The quantitative estimate of drug-likeness (QED) is 0.633. The Morgan fingerprint density at radius 2 is 2.11 bits per heavy atom. The molecule has 0 saturated carbocycles. The van der Waals surface area contributed by atoms with Crippen LogP contribution in [0.5, 0.6) is 0 Å². The predicted molar refractivity (Wildman–Crippen MR) is 101 cm³/mol. The fourth-order valence-corrected chi connectivity index (χ4v) is 3.81. The molecule has 0 radical (unpaired) electrons. The first-order valence-electron chi connectivity index (χ1n) is 8.76. The number of anilines is 1. The van der Waals surface area contributed by atoms with E-state index in [2.05, 4.69) is 5.32 Å². The van der Waals surface area contributed by atoms with Gasteiger partial charge in [-0.05, 0) is 31.0 Å². The zero-order chi connectivity index (χ0) is 19.0. The lowest BCUT2D eigenvalue weighted by Crippen LogP contribution is -2.46. The van der Waals surface area contributed by atoms with Crippen LogP contribution in [0, 0.1) is 10.1 Å². The summed E-state index contributed by atoms with van der Waals surface area (Å²) in [5.41, 5.74) is 1.67. The number of non-ortho nitro benzene ring substituents is 1. The van der Waals surface area contributed by atoms with Gasteiger partial charge in [-0.3, -0.25) is 14.9 Å². The summed E-state index contributed by atoms with van der Waals surface area (Å²) in [6, 6.07) is 11.5. The number of nitro groups is 1. The third kappa shape index (κ3) is 3.36. The molecule has 1 amide bonds. The molecular weight excluding hydrogens is 370 g/mol. The Morgan fingerprint density at radius 1 is 1.30 bits per heavy atom. The lowest BCUT2D eigenvalue weighted by molar-refractivity contribution is -0.384. The molecule has 140 valence electrons. The molecule has 2 aliphatic heterocycles. The number of ether oxygens (including phenoxy) is 1. The molecule has 0 spiro atoms. The van der Waals surface area contributed by atoms with Crippen molar-refractivity contribution in [2.45, 2.75) is 25.1 Å². The van der Waals surface area contributed by atoms with Crippen molar-refractivity contribution >= 4 is 28.9 Å². The highest BCUT2D eigenvalue weighted by Gasteiger charge is 2.36. The first-order valence-corrected chi connectivity index (χ1v) is 9.14. The summed E-state index contributed by atoms with van der Waals surface area (Å²) in [6.07, 6.45) is 1.17. The van der Waals surface area contributed by atoms with E-state index in [0.29, 0.717) is 35.0 Å². The molecule has 1 saturated heterocycles. The van der Waals surface area contributed by atoms with Crippen LogP contribution in [-0.2, 0) is 4.74 Å². The van der Waals surface area contributed by atoms with Gasteiger partial charge in [0.1, 0.15) is 6.17 Å². The van der Waals surface area contributed by atoms with Crippen molar-refractivity contribution in [1.29, 1.82) is 0 Å². The number of amides is 1. The average Bonchev–Trinajstić information content (AvgIpc) is 3.17. The number of para-hydroxylation sites is 1. The SMILES string of the molecule is O=C1c2ccccc2N[C@@H](c2cc([N+](=O)[O-])ccc2Cl)N1C[C@H]1CCCO1. The summed E-state index contributed by atoms with van der Waals surface area (Å²) in [7, 11) is 0. The molecule has 4 rings (SSSR count). The van der Waals surface area contributed by atoms with E-state index in [9.17, 15) is 14.9 Å². The normalized spacial score (nSPS) is 21.7. The minimum atomic E-state index is -0.607. The van der Waals surface area contributed by atoms with Crippen molar-refractivity contribution in [3.8, 4) is 0 Å². The molecule has 2 heterocycles. The van der Waals surface area contributed by atoms with Crippen LogP contribution in [0.1, 0.15) is 34.9 Å². The Labute approximate surface area is 161 Å². The molecule has 1 fully saturated rings. The van der Waals surface area contributed by atoms with E-state index in [-0.39, 0.29) is 17.7 Å². The van der Waals surface area contributed by atoms with Crippen LogP contribution in [-0.4, -0.2) is 35.0 Å².